The monoisotopic (exact) mass is 447 g/mol. The number of fused-ring (bicyclic) bond motifs is 1. The molecule has 0 fully saturated rings. The van der Waals surface area contributed by atoms with Crippen LogP contribution in [0.15, 0.2) is 58.4 Å². The average Bonchev–Trinajstić information content (AvgIpc) is 3.23. The molecule has 1 aromatic heterocycles. The molecule has 4 rings (SSSR count). The zero-order chi connectivity index (χ0) is 23.5. The van der Waals surface area contributed by atoms with Crippen LogP contribution in [-0.2, 0) is 6.54 Å². The van der Waals surface area contributed by atoms with Crippen LogP contribution in [-0.4, -0.2) is 39.2 Å². The Balaban J connectivity index is 1.54. The lowest BCUT2D eigenvalue weighted by atomic mass is 10.1. The predicted molar refractivity (Wildman–Crippen MR) is 132 cm³/mol. The normalized spacial score (nSPS) is 12.5. The summed E-state index contributed by atoms with van der Waals surface area (Å²) in [5.41, 5.74) is 2.78. The number of aromatic nitrogens is 2. The van der Waals surface area contributed by atoms with E-state index in [9.17, 15) is 14.7 Å². The van der Waals surface area contributed by atoms with Gasteiger partial charge in [-0.1, -0.05) is 26.0 Å². The number of phenolic OH excluding ortho intramolecular Hbond substituents is 1. The summed E-state index contributed by atoms with van der Waals surface area (Å²) in [5.74, 6) is 0.149. The van der Waals surface area contributed by atoms with Crippen LogP contribution in [0.1, 0.15) is 32.4 Å². The second kappa shape index (κ2) is 9.46. The Kier molecular flexibility index (Phi) is 6.46. The van der Waals surface area contributed by atoms with Gasteiger partial charge in [0.15, 0.2) is 0 Å². The molecule has 1 atom stereocenters. The maximum absolute atomic E-state index is 12.3. The first kappa shape index (κ1) is 22.5. The third-order valence-corrected chi connectivity index (χ3v) is 6.08. The number of phenols is 1. The van der Waals surface area contributed by atoms with Gasteiger partial charge in [0, 0.05) is 24.8 Å². The van der Waals surface area contributed by atoms with Crippen molar-refractivity contribution < 1.29 is 5.11 Å². The summed E-state index contributed by atoms with van der Waals surface area (Å²) in [6, 6.07) is 12.2. The summed E-state index contributed by atoms with van der Waals surface area (Å²) in [5, 5.41) is 15.9. The largest absolute Gasteiger partial charge is 0.508 e. The number of rotatable bonds is 10. The lowest BCUT2D eigenvalue weighted by Gasteiger charge is -2.20. The summed E-state index contributed by atoms with van der Waals surface area (Å²) in [4.78, 5) is 31.4. The molecule has 0 radical (unpaired) electrons. The molecule has 0 amide bonds. The van der Waals surface area contributed by atoms with E-state index in [0.717, 1.165) is 42.8 Å². The molecule has 3 aromatic carbocycles. The number of likely N-dealkylation sites (N-methyl/N-ethyl adjacent to an activating group) is 1. The molecule has 0 aliphatic carbocycles. The van der Waals surface area contributed by atoms with Crippen molar-refractivity contribution in [3.8, 4) is 5.75 Å². The minimum absolute atomic E-state index is 0.149. The van der Waals surface area contributed by atoms with Gasteiger partial charge in [0.05, 0.1) is 17.4 Å². The first-order chi connectivity index (χ1) is 15.9. The predicted octanol–water partition coefficient (Wildman–Crippen LogP) is 3.60. The second-order valence-electron chi connectivity index (χ2n) is 8.16. The van der Waals surface area contributed by atoms with E-state index in [1.165, 1.54) is 0 Å². The average molecular weight is 448 g/mol. The Morgan fingerprint density at radius 2 is 1.82 bits per heavy atom. The lowest BCUT2D eigenvalue weighted by molar-refractivity contribution is 0.292. The molecule has 8 nitrogen and oxygen atoms in total. The second-order valence-corrected chi connectivity index (χ2v) is 8.16. The van der Waals surface area contributed by atoms with Gasteiger partial charge in [0.25, 0.3) is 10.9 Å². The zero-order valence-electron chi connectivity index (χ0n) is 19.1. The molecular formula is C25H29N5O3. The molecule has 0 unspecified atom stereocenters. The fourth-order valence-electron chi connectivity index (χ4n) is 3.99. The summed E-state index contributed by atoms with van der Waals surface area (Å²) in [6.45, 7) is 9.90. The van der Waals surface area contributed by atoms with E-state index in [1.807, 2.05) is 37.5 Å². The van der Waals surface area contributed by atoms with Gasteiger partial charge in [0.2, 0.25) is 0 Å². The number of hydrogen-bond acceptors (Lipinski definition) is 7. The van der Waals surface area contributed by atoms with E-state index < -0.39 is 10.9 Å². The van der Waals surface area contributed by atoms with Crippen LogP contribution >= 0.6 is 0 Å². The van der Waals surface area contributed by atoms with Gasteiger partial charge in [-0.3, -0.25) is 9.59 Å². The van der Waals surface area contributed by atoms with Crippen LogP contribution in [0, 0.1) is 0 Å². The summed E-state index contributed by atoms with van der Waals surface area (Å²) >= 11 is 0. The number of nitrogens with zero attached hydrogens (tertiary/aromatic N) is 3. The van der Waals surface area contributed by atoms with Gasteiger partial charge in [-0.15, -0.1) is 0 Å². The van der Waals surface area contributed by atoms with Crippen molar-refractivity contribution in [3.63, 3.8) is 0 Å². The fraction of sp³-hybridized carbons (Fsp3) is 0.320. The number of hydrogen-bond donors (Lipinski definition) is 3. The van der Waals surface area contributed by atoms with Crippen molar-refractivity contribution in [3.05, 3.63) is 74.8 Å². The molecular weight excluding hydrogens is 418 g/mol. The zero-order valence-corrected chi connectivity index (χ0v) is 19.1. The Labute approximate surface area is 192 Å². The Bertz CT molecular complexity index is 1330. The summed E-state index contributed by atoms with van der Waals surface area (Å²) in [6.07, 6.45) is 1.83. The molecule has 0 saturated carbocycles. The van der Waals surface area contributed by atoms with Crippen molar-refractivity contribution in [1.82, 2.24) is 14.5 Å². The highest BCUT2D eigenvalue weighted by Gasteiger charge is 2.23. The van der Waals surface area contributed by atoms with Crippen LogP contribution < -0.4 is 21.5 Å². The molecule has 0 saturated heterocycles. The van der Waals surface area contributed by atoms with Crippen LogP contribution in [0.3, 0.4) is 0 Å². The molecule has 0 bridgehead atoms. The van der Waals surface area contributed by atoms with Crippen molar-refractivity contribution in [1.29, 1.82) is 0 Å². The maximum Gasteiger partial charge on any atom is 0.253 e. The topological polar surface area (TPSA) is 99.5 Å². The first-order valence-corrected chi connectivity index (χ1v) is 11.2. The lowest BCUT2D eigenvalue weighted by Crippen LogP contribution is -2.37. The summed E-state index contributed by atoms with van der Waals surface area (Å²) in [7, 11) is 0. The highest BCUT2D eigenvalue weighted by molar-refractivity contribution is 5.84. The van der Waals surface area contributed by atoms with Gasteiger partial charge in [-0.25, -0.2) is 4.98 Å². The Hall–Kier alpha value is -3.65. The van der Waals surface area contributed by atoms with Crippen LogP contribution in [0.25, 0.3) is 11.0 Å². The van der Waals surface area contributed by atoms with Crippen molar-refractivity contribution in [2.75, 3.05) is 30.3 Å². The van der Waals surface area contributed by atoms with Gasteiger partial charge in [0.1, 0.15) is 17.1 Å². The molecule has 172 valence electrons. The SMILES string of the molecule is CCN(CC)CCn1cnc2ccc(Nc3c(N[C@H](C)c4cccc(O)c4)c(=O)c3=O)cc21. The van der Waals surface area contributed by atoms with Crippen LogP contribution in [0.2, 0.25) is 0 Å². The minimum atomic E-state index is -0.546. The standard InChI is InChI=1S/C25H29N5O3/c1-4-29(5-2)11-12-30-15-26-20-10-9-18(14-21(20)30)28-23-22(24(32)25(23)33)27-16(3)17-7-6-8-19(31)13-17/h6-10,13-16,27-28,31H,4-5,11-12H2,1-3H3/t16-/m1/s1. The summed E-state index contributed by atoms with van der Waals surface area (Å²) < 4.78 is 2.10. The molecule has 3 N–H and O–H groups in total. The molecule has 0 spiro atoms. The quantitative estimate of drug-likeness (QED) is 0.320. The van der Waals surface area contributed by atoms with Crippen molar-refractivity contribution in [2.24, 2.45) is 0 Å². The highest BCUT2D eigenvalue weighted by atomic mass is 16.3. The Morgan fingerprint density at radius 1 is 1.06 bits per heavy atom. The number of nitrogens with one attached hydrogen (secondary N) is 2. The number of aromatic hydroxyl groups is 1. The third-order valence-electron chi connectivity index (χ3n) is 6.08. The Morgan fingerprint density at radius 3 is 2.55 bits per heavy atom. The van der Waals surface area contributed by atoms with Crippen LogP contribution in [0.4, 0.5) is 17.1 Å². The molecule has 33 heavy (non-hydrogen) atoms. The van der Waals surface area contributed by atoms with E-state index in [0.29, 0.717) is 5.69 Å². The van der Waals surface area contributed by atoms with E-state index in [2.05, 4.69) is 38.9 Å². The molecule has 0 aliphatic rings. The van der Waals surface area contributed by atoms with Crippen LogP contribution in [0.5, 0.6) is 5.75 Å². The number of imidazole rings is 1. The van der Waals surface area contributed by atoms with Gasteiger partial charge < -0.3 is 25.2 Å². The van der Waals surface area contributed by atoms with E-state index >= 15 is 0 Å². The van der Waals surface area contributed by atoms with Gasteiger partial charge in [-0.2, -0.15) is 0 Å². The van der Waals surface area contributed by atoms with Gasteiger partial charge in [-0.05, 0) is 55.9 Å². The van der Waals surface area contributed by atoms with E-state index in [1.54, 1.807) is 18.2 Å². The minimum Gasteiger partial charge on any atom is -0.508 e. The smallest absolute Gasteiger partial charge is 0.253 e. The third kappa shape index (κ3) is 4.61. The van der Waals surface area contributed by atoms with Gasteiger partial charge >= 0.3 is 0 Å². The maximum atomic E-state index is 12.3. The molecule has 4 aromatic rings. The van der Waals surface area contributed by atoms with E-state index in [-0.39, 0.29) is 23.2 Å². The first-order valence-electron chi connectivity index (χ1n) is 11.2. The fourth-order valence-corrected chi connectivity index (χ4v) is 3.99. The number of benzene rings is 2. The van der Waals surface area contributed by atoms with Crippen molar-refractivity contribution >= 4 is 28.1 Å². The molecule has 8 heteroatoms. The molecule has 0 aliphatic heterocycles. The number of anilines is 3. The molecule has 1 heterocycles. The van der Waals surface area contributed by atoms with E-state index in [4.69, 9.17) is 0 Å². The highest BCUT2D eigenvalue weighted by Crippen LogP contribution is 2.27. The van der Waals surface area contributed by atoms with Crippen molar-refractivity contribution in [2.45, 2.75) is 33.4 Å².